The van der Waals surface area contributed by atoms with E-state index >= 15 is 0 Å². The molecule has 0 aromatic rings. The van der Waals surface area contributed by atoms with Gasteiger partial charge in [-0.1, -0.05) is 11.8 Å². The average Bonchev–Trinajstić information content (AvgIpc) is 2.63. The van der Waals surface area contributed by atoms with Gasteiger partial charge in [-0.25, -0.2) is 0 Å². The molecule has 2 rings (SSSR count). The fourth-order valence-electron chi connectivity index (χ4n) is 2.16. The predicted molar refractivity (Wildman–Crippen MR) is 72.7 cm³/mol. The highest BCUT2D eigenvalue weighted by molar-refractivity contribution is 8.06. The SMILES string of the molecule is CC(N(C)C)C1(C(=O)O)SC2=CNC=CC2=C1N. The van der Waals surface area contributed by atoms with Gasteiger partial charge in [-0.2, -0.15) is 0 Å². The number of nitrogens with two attached hydrogens (primary N) is 1. The van der Waals surface area contributed by atoms with Gasteiger partial charge in [0.2, 0.25) is 0 Å². The van der Waals surface area contributed by atoms with Gasteiger partial charge >= 0.3 is 5.97 Å². The number of carboxylic acids is 1. The highest BCUT2D eigenvalue weighted by Crippen LogP contribution is 2.51. The fraction of sp³-hybridized carbons (Fsp3) is 0.417. The van der Waals surface area contributed by atoms with Gasteiger partial charge in [0.25, 0.3) is 0 Å². The molecule has 98 valence electrons. The number of dihydropyridines is 1. The Morgan fingerprint density at radius 3 is 2.78 bits per heavy atom. The first-order valence-corrected chi connectivity index (χ1v) is 6.45. The number of carboxylic acid groups (broad SMARTS) is 1. The maximum atomic E-state index is 11.8. The number of carbonyl (C=O) groups is 1. The van der Waals surface area contributed by atoms with E-state index in [-0.39, 0.29) is 6.04 Å². The Kier molecular flexibility index (Phi) is 3.16. The lowest BCUT2D eigenvalue weighted by atomic mass is 9.92. The molecule has 2 atom stereocenters. The smallest absolute Gasteiger partial charge is 0.327 e. The van der Waals surface area contributed by atoms with Crippen LogP contribution in [0.2, 0.25) is 0 Å². The standard InChI is InChI=1S/C12H17N3O2S/c1-7(15(2)3)12(11(16)17)10(13)8-4-5-14-6-9(8)18-12/h4-7,14H,13H2,1-3H3,(H,16,17). The Labute approximate surface area is 110 Å². The zero-order chi connectivity index (χ0) is 13.5. The number of nitrogens with zero attached hydrogens (tertiary/aromatic N) is 1. The second-order valence-corrected chi connectivity index (χ2v) is 5.91. The molecule has 0 aromatic heterocycles. The molecule has 0 radical (unpaired) electrons. The minimum atomic E-state index is -1.12. The number of thioether (sulfide) groups is 1. The van der Waals surface area contributed by atoms with E-state index in [9.17, 15) is 9.90 Å². The topological polar surface area (TPSA) is 78.6 Å². The highest BCUT2D eigenvalue weighted by atomic mass is 32.2. The molecule has 0 spiro atoms. The molecule has 2 heterocycles. The number of allylic oxidation sites excluding steroid dienone is 2. The summed E-state index contributed by atoms with van der Waals surface area (Å²) < 4.78 is -1.12. The number of hydrogen-bond acceptors (Lipinski definition) is 5. The summed E-state index contributed by atoms with van der Waals surface area (Å²) in [5, 5.41) is 12.6. The monoisotopic (exact) mass is 267 g/mol. The number of rotatable bonds is 3. The minimum absolute atomic E-state index is 0.215. The van der Waals surface area contributed by atoms with E-state index < -0.39 is 10.7 Å². The third-order valence-corrected chi connectivity index (χ3v) is 5.08. The van der Waals surface area contributed by atoms with Crippen LogP contribution in [0.3, 0.4) is 0 Å². The molecule has 0 aromatic carbocycles. The summed E-state index contributed by atoms with van der Waals surface area (Å²) in [7, 11) is 3.72. The molecular weight excluding hydrogens is 250 g/mol. The fourth-order valence-corrected chi connectivity index (χ4v) is 3.61. The predicted octanol–water partition coefficient (Wildman–Crippen LogP) is 0.678. The van der Waals surface area contributed by atoms with Crippen molar-refractivity contribution in [3.05, 3.63) is 34.7 Å². The Hall–Kier alpha value is -1.40. The van der Waals surface area contributed by atoms with Crippen LogP contribution in [-0.4, -0.2) is 40.9 Å². The van der Waals surface area contributed by atoms with Crippen LogP contribution in [-0.2, 0) is 4.79 Å². The Morgan fingerprint density at radius 2 is 2.28 bits per heavy atom. The van der Waals surface area contributed by atoms with Crippen molar-refractivity contribution in [3.63, 3.8) is 0 Å². The maximum absolute atomic E-state index is 11.8. The lowest BCUT2D eigenvalue weighted by Gasteiger charge is -2.35. The van der Waals surface area contributed by atoms with Crippen LogP contribution in [0.5, 0.6) is 0 Å². The third kappa shape index (κ3) is 1.64. The van der Waals surface area contributed by atoms with Crippen LogP contribution >= 0.6 is 11.8 Å². The molecule has 4 N–H and O–H groups in total. The Balaban J connectivity index is 2.55. The molecule has 0 fully saturated rings. The first kappa shape index (κ1) is 13.0. The molecule has 6 heteroatoms. The third-order valence-electron chi connectivity index (χ3n) is 3.47. The van der Waals surface area contributed by atoms with Crippen molar-refractivity contribution in [3.8, 4) is 0 Å². The zero-order valence-corrected chi connectivity index (χ0v) is 11.4. The van der Waals surface area contributed by atoms with Crippen molar-refractivity contribution in [1.29, 1.82) is 0 Å². The summed E-state index contributed by atoms with van der Waals surface area (Å²) in [5.74, 6) is -0.901. The van der Waals surface area contributed by atoms with E-state index in [1.165, 1.54) is 11.8 Å². The van der Waals surface area contributed by atoms with Gasteiger partial charge in [-0.15, -0.1) is 0 Å². The molecule has 0 saturated heterocycles. The van der Waals surface area contributed by atoms with Crippen LogP contribution in [0.1, 0.15) is 6.92 Å². The van der Waals surface area contributed by atoms with Gasteiger partial charge in [-0.3, -0.25) is 4.79 Å². The van der Waals surface area contributed by atoms with Crippen molar-refractivity contribution in [2.45, 2.75) is 17.7 Å². The van der Waals surface area contributed by atoms with E-state index in [0.29, 0.717) is 5.70 Å². The van der Waals surface area contributed by atoms with Gasteiger partial charge in [-0.05, 0) is 27.1 Å². The van der Waals surface area contributed by atoms with Gasteiger partial charge in [0.15, 0.2) is 4.75 Å². The molecule has 0 aliphatic carbocycles. The molecule has 5 nitrogen and oxygen atoms in total. The summed E-state index contributed by atoms with van der Waals surface area (Å²) in [6.07, 6.45) is 5.37. The Morgan fingerprint density at radius 1 is 1.61 bits per heavy atom. The molecule has 2 unspecified atom stereocenters. The van der Waals surface area contributed by atoms with Crippen molar-refractivity contribution in [2.24, 2.45) is 5.73 Å². The lowest BCUT2D eigenvalue weighted by Crippen LogP contribution is -2.53. The number of aliphatic carboxylic acids is 1. The van der Waals surface area contributed by atoms with Gasteiger partial charge < -0.3 is 21.1 Å². The maximum Gasteiger partial charge on any atom is 0.327 e. The molecule has 0 saturated carbocycles. The summed E-state index contributed by atoms with van der Waals surface area (Å²) in [6.45, 7) is 1.88. The molecule has 18 heavy (non-hydrogen) atoms. The molecule has 2 aliphatic heterocycles. The van der Waals surface area contributed by atoms with Gasteiger partial charge in [0.05, 0.1) is 0 Å². The van der Waals surface area contributed by atoms with Crippen LogP contribution in [0.15, 0.2) is 34.7 Å². The van der Waals surface area contributed by atoms with E-state index in [0.717, 1.165) is 10.5 Å². The van der Waals surface area contributed by atoms with Crippen LogP contribution in [0.4, 0.5) is 0 Å². The first-order valence-electron chi connectivity index (χ1n) is 5.63. The molecule has 0 bridgehead atoms. The second-order valence-electron chi connectivity index (χ2n) is 4.62. The van der Waals surface area contributed by atoms with E-state index in [1.807, 2.05) is 32.0 Å². The van der Waals surface area contributed by atoms with Gasteiger partial charge in [0, 0.05) is 34.6 Å². The highest BCUT2D eigenvalue weighted by Gasteiger charge is 2.54. The van der Waals surface area contributed by atoms with Crippen molar-refractivity contribution in [2.75, 3.05) is 14.1 Å². The number of fused-ring (bicyclic) bond motifs is 1. The Bertz CT molecular complexity index is 482. The quantitative estimate of drug-likeness (QED) is 0.698. The zero-order valence-electron chi connectivity index (χ0n) is 10.6. The first-order chi connectivity index (χ1) is 8.41. The number of hydrogen-bond donors (Lipinski definition) is 3. The van der Waals surface area contributed by atoms with Crippen molar-refractivity contribution < 1.29 is 9.90 Å². The molecular formula is C12H17N3O2S. The second kappa shape index (κ2) is 4.37. The van der Waals surface area contributed by atoms with E-state index in [2.05, 4.69) is 5.32 Å². The van der Waals surface area contributed by atoms with Crippen LogP contribution in [0, 0.1) is 0 Å². The normalized spacial score (nSPS) is 27.9. The van der Waals surface area contributed by atoms with Gasteiger partial charge in [0.1, 0.15) is 0 Å². The minimum Gasteiger partial charge on any atom is -0.480 e. The van der Waals surface area contributed by atoms with Crippen LogP contribution < -0.4 is 11.1 Å². The summed E-state index contributed by atoms with van der Waals surface area (Å²) >= 11 is 1.30. The van der Waals surface area contributed by atoms with Crippen LogP contribution in [0.25, 0.3) is 0 Å². The molecule has 0 amide bonds. The lowest BCUT2D eigenvalue weighted by molar-refractivity contribution is -0.140. The summed E-state index contributed by atoms with van der Waals surface area (Å²) in [6, 6.07) is -0.215. The van der Waals surface area contributed by atoms with E-state index in [1.54, 1.807) is 12.4 Å². The summed E-state index contributed by atoms with van der Waals surface area (Å²) in [5.41, 5.74) is 7.38. The van der Waals surface area contributed by atoms with Crippen molar-refractivity contribution >= 4 is 17.7 Å². The number of nitrogens with one attached hydrogen (secondary N) is 1. The van der Waals surface area contributed by atoms with Crippen molar-refractivity contribution in [1.82, 2.24) is 10.2 Å². The largest absolute Gasteiger partial charge is 0.480 e. The molecule has 2 aliphatic rings. The summed E-state index contributed by atoms with van der Waals surface area (Å²) in [4.78, 5) is 14.5. The van der Waals surface area contributed by atoms with E-state index in [4.69, 9.17) is 5.73 Å². The average molecular weight is 267 g/mol.